The van der Waals surface area contributed by atoms with E-state index >= 15 is 0 Å². The average Bonchev–Trinajstić information content (AvgIpc) is 2.99. The second-order valence-electron chi connectivity index (χ2n) is 6.58. The molecule has 1 aromatic rings. The molecule has 1 aromatic heterocycles. The minimum atomic E-state index is 0.570. The SMILES string of the molecule is COCCN1CCC(CN2CCn3cccc3C2C)CC1. The number of fused-ring (bicyclic) bond motifs is 1. The third-order valence-electron chi connectivity index (χ3n) is 5.28. The van der Waals surface area contributed by atoms with Crippen molar-refractivity contribution in [3.8, 4) is 0 Å². The number of likely N-dealkylation sites (tertiary alicyclic amines) is 1. The predicted octanol–water partition coefficient (Wildman–Crippen LogP) is 2.22. The van der Waals surface area contributed by atoms with Crippen molar-refractivity contribution < 1.29 is 4.74 Å². The number of piperidine rings is 1. The summed E-state index contributed by atoms with van der Waals surface area (Å²) in [6.45, 7) is 10.4. The van der Waals surface area contributed by atoms with Crippen LogP contribution >= 0.6 is 0 Å². The van der Waals surface area contributed by atoms with Crippen LogP contribution in [0.4, 0.5) is 0 Å². The molecule has 0 amide bonds. The summed E-state index contributed by atoms with van der Waals surface area (Å²) < 4.78 is 7.59. The van der Waals surface area contributed by atoms with Crippen LogP contribution in [-0.4, -0.2) is 60.8 Å². The molecule has 0 aromatic carbocycles. The Morgan fingerprint density at radius 2 is 2.00 bits per heavy atom. The van der Waals surface area contributed by atoms with E-state index in [4.69, 9.17) is 4.74 Å². The fourth-order valence-electron chi connectivity index (χ4n) is 3.82. The molecule has 4 heteroatoms. The van der Waals surface area contributed by atoms with Crippen molar-refractivity contribution in [1.29, 1.82) is 0 Å². The summed E-state index contributed by atoms with van der Waals surface area (Å²) >= 11 is 0. The number of methoxy groups -OCH3 is 1. The van der Waals surface area contributed by atoms with Crippen LogP contribution in [0.2, 0.25) is 0 Å². The number of ether oxygens (including phenoxy) is 1. The molecule has 0 N–H and O–H groups in total. The maximum atomic E-state index is 5.18. The zero-order chi connectivity index (χ0) is 14.7. The van der Waals surface area contributed by atoms with Crippen molar-refractivity contribution in [3.63, 3.8) is 0 Å². The summed E-state index contributed by atoms with van der Waals surface area (Å²) in [5.41, 5.74) is 1.48. The molecule has 1 unspecified atom stereocenters. The summed E-state index contributed by atoms with van der Waals surface area (Å²) in [4.78, 5) is 5.23. The normalized spacial score (nSPS) is 25.1. The van der Waals surface area contributed by atoms with E-state index in [9.17, 15) is 0 Å². The first-order valence-corrected chi connectivity index (χ1v) is 8.38. The number of hydrogen-bond acceptors (Lipinski definition) is 3. The maximum Gasteiger partial charge on any atom is 0.0589 e. The summed E-state index contributed by atoms with van der Waals surface area (Å²) in [5, 5.41) is 0. The Labute approximate surface area is 128 Å². The van der Waals surface area contributed by atoms with Gasteiger partial charge < -0.3 is 14.2 Å². The standard InChI is InChI=1S/C17H29N3O/c1-15-17-4-3-7-19(17)10-11-20(15)14-16-5-8-18(9-6-16)12-13-21-2/h3-4,7,15-16H,5-6,8-14H2,1-2H3. The average molecular weight is 291 g/mol. The Kier molecular flexibility index (Phi) is 4.99. The number of nitrogens with zero attached hydrogens (tertiary/aromatic N) is 3. The van der Waals surface area contributed by atoms with Gasteiger partial charge in [-0.1, -0.05) is 0 Å². The molecule has 4 nitrogen and oxygen atoms in total. The van der Waals surface area contributed by atoms with E-state index in [1.807, 2.05) is 0 Å². The minimum absolute atomic E-state index is 0.570. The molecule has 3 rings (SSSR count). The van der Waals surface area contributed by atoms with Crippen molar-refractivity contribution >= 4 is 0 Å². The molecule has 0 radical (unpaired) electrons. The number of rotatable bonds is 5. The van der Waals surface area contributed by atoms with E-state index in [0.29, 0.717) is 6.04 Å². The van der Waals surface area contributed by atoms with Crippen LogP contribution in [-0.2, 0) is 11.3 Å². The second-order valence-corrected chi connectivity index (χ2v) is 6.58. The highest BCUT2D eigenvalue weighted by molar-refractivity contribution is 5.13. The second kappa shape index (κ2) is 6.95. The van der Waals surface area contributed by atoms with Crippen LogP contribution in [0, 0.1) is 5.92 Å². The molecule has 0 saturated carbocycles. The number of aromatic nitrogens is 1. The van der Waals surface area contributed by atoms with Crippen molar-refractivity contribution in [1.82, 2.24) is 14.4 Å². The molecule has 1 saturated heterocycles. The maximum absolute atomic E-state index is 5.18. The van der Waals surface area contributed by atoms with Crippen LogP contribution in [0.25, 0.3) is 0 Å². The van der Waals surface area contributed by atoms with Gasteiger partial charge in [-0.05, 0) is 50.9 Å². The monoisotopic (exact) mass is 291 g/mol. The highest BCUT2D eigenvalue weighted by atomic mass is 16.5. The van der Waals surface area contributed by atoms with E-state index in [0.717, 1.165) is 25.6 Å². The molecule has 3 heterocycles. The lowest BCUT2D eigenvalue weighted by Crippen LogP contribution is -2.43. The van der Waals surface area contributed by atoms with Gasteiger partial charge in [-0.25, -0.2) is 0 Å². The van der Waals surface area contributed by atoms with Gasteiger partial charge in [-0.3, -0.25) is 4.90 Å². The first kappa shape index (κ1) is 15.1. The van der Waals surface area contributed by atoms with Gasteiger partial charge in [-0.15, -0.1) is 0 Å². The molecule has 2 aliphatic heterocycles. The van der Waals surface area contributed by atoms with Crippen LogP contribution in [0.3, 0.4) is 0 Å². The van der Waals surface area contributed by atoms with Crippen LogP contribution < -0.4 is 0 Å². The third-order valence-corrected chi connectivity index (χ3v) is 5.28. The van der Waals surface area contributed by atoms with E-state index in [-0.39, 0.29) is 0 Å². The fourth-order valence-corrected chi connectivity index (χ4v) is 3.82. The van der Waals surface area contributed by atoms with E-state index in [1.54, 1.807) is 7.11 Å². The Morgan fingerprint density at radius 1 is 1.19 bits per heavy atom. The van der Waals surface area contributed by atoms with Gasteiger partial charge in [0.05, 0.1) is 6.61 Å². The van der Waals surface area contributed by atoms with Gasteiger partial charge in [0.1, 0.15) is 0 Å². The summed E-state index contributed by atoms with van der Waals surface area (Å²) in [5.74, 6) is 0.868. The van der Waals surface area contributed by atoms with E-state index in [2.05, 4.69) is 39.6 Å². The molecule has 0 bridgehead atoms. The van der Waals surface area contributed by atoms with Crippen molar-refractivity contribution in [2.45, 2.75) is 32.4 Å². The molecule has 1 atom stereocenters. The Morgan fingerprint density at radius 3 is 2.76 bits per heavy atom. The highest BCUT2D eigenvalue weighted by Gasteiger charge is 2.27. The van der Waals surface area contributed by atoms with E-state index in [1.165, 1.54) is 44.7 Å². The number of hydrogen-bond donors (Lipinski definition) is 0. The fraction of sp³-hybridized carbons (Fsp3) is 0.765. The van der Waals surface area contributed by atoms with Crippen molar-refractivity contribution in [2.75, 3.05) is 46.4 Å². The first-order chi connectivity index (χ1) is 10.3. The van der Waals surface area contributed by atoms with Gasteiger partial charge in [0.2, 0.25) is 0 Å². The smallest absolute Gasteiger partial charge is 0.0589 e. The first-order valence-electron chi connectivity index (χ1n) is 8.38. The van der Waals surface area contributed by atoms with E-state index < -0.39 is 0 Å². The minimum Gasteiger partial charge on any atom is -0.383 e. The molecule has 118 valence electrons. The largest absolute Gasteiger partial charge is 0.383 e. The molecule has 1 fully saturated rings. The summed E-state index contributed by atoms with van der Waals surface area (Å²) in [6.07, 6.45) is 4.90. The Hall–Kier alpha value is -0.840. The zero-order valence-electron chi connectivity index (χ0n) is 13.5. The van der Waals surface area contributed by atoms with Crippen LogP contribution in [0.5, 0.6) is 0 Å². The topological polar surface area (TPSA) is 20.6 Å². The van der Waals surface area contributed by atoms with Gasteiger partial charge in [0, 0.05) is 51.2 Å². The third kappa shape index (κ3) is 3.50. The van der Waals surface area contributed by atoms with Gasteiger partial charge in [-0.2, -0.15) is 0 Å². The Bertz CT molecular complexity index is 437. The predicted molar refractivity (Wildman–Crippen MR) is 85.5 cm³/mol. The van der Waals surface area contributed by atoms with Crippen LogP contribution in [0.1, 0.15) is 31.5 Å². The molecule has 0 aliphatic carbocycles. The van der Waals surface area contributed by atoms with Gasteiger partial charge in [0.25, 0.3) is 0 Å². The zero-order valence-corrected chi connectivity index (χ0v) is 13.5. The van der Waals surface area contributed by atoms with Crippen LogP contribution in [0.15, 0.2) is 18.3 Å². The molecule has 21 heavy (non-hydrogen) atoms. The lowest BCUT2D eigenvalue weighted by atomic mass is 9.95. The lowest BCUT2D eigenvalue weighted by molar-refractivity contribution is 0.0885. The Balaban J connectivity index is 1.48. The molecule has 2 aliphatic rings. The molecular weight excluding hydrogens is 262 g/mol. The van der Waals surface area contributed by atoms with Gasteiger partial charge in [0.15, 0.2) is 0 Å². The summed E-state index contributed by atoms with van der Waals surface area (Å²) in [7, 11) is 1.79. The van der Waals surface area contributed by atoms with Crippen molar-refractivity contribution in [2.24, 2.45) is 5.92 Å². The van der Waals surface area contributed by atoms with Gasteiger partial charge >= 0.3 is 0 Å². The molecule has 0 spiro atoms. The van der Waals surface area contributed by atoms with Crippen molar-refractivity contribution in [3.05, 3.63) is 24.0 Å². The quantitative estimate of drug-likeness (QED) is 0.830. The molecular formula is C17H29N3O. The highest BCUT2D eigenvalue weighted by Crippen LogP contribution is 2.28. The lowest BCUT2D eigenvalue weighted by Gasteiger charge is -2.39. The summed E-state index contributed by atoms with van der Waals surface area (Å²) in [6, 6.07) is 5.04.